The van der Waals surface area contributed by atoms with Crippen molar-refractivity contribution in [3.8, 4) is 0 Å². The number of nitrogen functional groups attached to an aromatic ring is 1. The number of nitrogens with two attached hydrogens (primary N) is 1. The lowest BCUT2D eigenvalue weighted by atomic mass is 9.76. The molecular weight excluding hydrogens is 276 g/mol. The number of pyridine rings is 1. The van der Waals surface area contributed by atoms with Crippen molar-refractivity contribution in [2.75, 3.05) is 5.43 Å². The lowest BCUT2D eigenvalue weighted by Gasteiger charge is -2.34. The van der Waals surface area contributed by atoms with Crippen LogP contribution >= 0.6 is 0 Å². The Morgan fingerprint density at radius 3 is 2.60 bits per heavy atom. The number of anilines is 1. The SMILES string of the molecule is CC1(C)CCC(NS(=O)(=O)c2ccnc(NN)c2)CC1. The third-order valence-electron chi connectivity index (χ3n) is 3.85. The van der Waals surface area contributed by atoms with Gasteiger partial charge in [0.2, 0.25) is 10.0 Å². The largest absolute Gasteiger partial charge is 0.308 e. The van der Waals surface area contributed by atoms with Crippen LogP contribution in [0.15, 0.2) is 23.2 Å². The molecule has 6 nitrogen and oxygen atoms in total. The summed E-state index contributed by atoms with van der Waals surface area (Å²) in [6.45, 7) is 4.44. The smallest absolute Gasteiger partial charge is 0.241 e. The minimum absolute atomic E-state index is 0.00970. The normalized spacial score (nSPS) is 19.8. The molecule has 0 atom stereocenters. The van der Waals surface area contributed by atoms with Crippen LogP contribution in [0.3, 0.4) is 0 Å². The van der Waals surface area contributed by atoms with Crippen molar-refractivity contribution in [3.05, 3.63) is 18.3 Å². The predicted octanol–water partition coefficient (Wildman–Crippen LogP) is 1.61. The summed E-state index contributed by atoms with van der Waals surface area (Å²) < 4.78 is 27.4. The van der Waals surface area contributed by atoms with E-state index in [0.29, 0.717) is 11.2 Å². The first-order chi connectivity index (χ1) is 9.32. The molecule has 1 saturated carbocycles. The average molecular weight is 298 g/mol. The van der Waals surface area contributed by atoms with Crippen molar-refractivity contribution < 1.29 is 8.42 Å². The molecule has 0 saturated heterocycles. The number of nitrogens with zero attached hydrogens (tertiary/aromatic N) is 1. The topological polar surface area (TPSA) is 97.1 Å². The minimum atomic E-state index is -3.52. The Kier molecular flexibility index (Phi) is 4.31. The summed E-state index contributed by atoms with van der Waals surface area (Å²) in [4.78, 5) is 4.09. The maximum atomic E-state index is 12.3. The van der Waals surface area contributed by atoms with Gasteiger partial charge in [-0.3, -0.25) is 0 Å². The molecule has 112 valence electrons. The molecule has 1 aliphatic carbocycles. The molecule has 0 aromatic carbocycles. The molecule has 1 aliphatic rings. The van der Waals surface area contributed by atoms with Crippen LogP contribution in [0.2, 0.25) is 0 Å². The molecule has 1 heterocycles. The van der Waals surface area contributed by atoms with E-state index in [0.717, 1.165) is 25.7 Å². The zero-order valence-electron chi connectivity index (χ0n) is 11.9. The van der Waals surface area contributed by atoms with Crippen LogP contribution in [0.1, 0.15) is 39.5 Å². The lowest BCUT2D eigenvalue weighted by Crippen LogP contribution is -2.39. The van der Waals surface area contributed by atoms with E-state index in [4.69, 9.17) is 5.84 Å². The van der Waals surface area contributed by atoms with Crippen molar-refractivity contribution in [2.45, 2.75) is 50.5 Å². The second-order valence-electron chi connectivity index (χ2n) is 6.08. The molecule has 0 unspecified atom stereocenters. The van der Waals surface area contributed by atoms with E-state index in [9.17, 15) is 8.42 Å². The van der Waals surface area contributed by atoms with Crippen LogP contribution in [-0.4, -0.2) is 19.4 Å². The molecule has 2 rings (SSSR count). The van der Waals surface area contributed by atoms with Gasteiger partial charge in [0.15, 0.2) is 0 Å². The first-order valence-electron chi connectivity index (χ1n) is 6.77. The van der Waals surface area contributed by atoms with Crippen molar-refractivity contribution in [3.63, 3.8) is 0 Å². The molecule has 20 heavy (non-hydrogen) atoms. The summed E-state index contributed by atoms with van der Waals surface area (Å²) in [5, 5.41) is 0. The highest BCUT2D eigenvalue weighted by Gasteiger charge is 2.29. The molecule has 0 aliphatic heterocycles. The third-order valence-corrected chi connectivity index (χ3v) is 5.37. The van der Waals surface area contributed by atoms with Gasteiger partial charge in [-0.15, -0.1) is 0 Å². The predicted molar refractivity (Wildman–Crippen MR) is 78.4 cm³/mol. The highest BCUT2D eigenvalue weighted by Crippen LogP contribution is 2.35. The Bertz CT molecular complexity index is 561. The Balaban J connectivity index is 2.08. The van der Waals surface area contributed by atoms with E-state index in [1.807, 2.05) is 0 Å². The van der Waals surface area contributed by atoms with Gasteiger partial charge >= 0.3 is 0 Å². The van der Waals surface area contributed by atoms with Gasteiger partial charge < -0.3 is 5.43 Å². The van der Waals surface area contributed by atoms with E-state index < -0.39 is 10.0 Å². The quantitative estimate of drug-likeness (QED) is 0.579. The highest BCUT2D eigenvalue weighted by atomic mass is 32.2. The van der Waals surface area contributed by atoms with Gasteiger partial charge in [-0.1, -0.05) is 13.8 Å². The van der Waals surface area contributed by atoms with E-state index in [1.165, 1.54) is 18.3 Å². The molecule has 1 fully saturated rings. The first-order valence-corrected chi connectivity index (χ1v) is 8.26. The summed E-state index contributed by atoms with van der Waals surface area (Å²) in [5.41, 5.74) is 2.67. The van der Waals surface area contributed by atoms with Crippen molar-refractivity contribution in [2.24, 2.45) is 11.3 Å². The van der Waals surface area contributed by atoms with Gasteiger partial charge in [-0.2, -0.15) is 0 Å². The maximum Gasteiger partial charge on any atom is 0.241 e. The van der Waals surface area contributed by atoms with Gasteiger partial charge in [0.25, 0.3) is 0 Å². The number of aromatic nitrogens is 1. The average Bonchev–Trinajstić information content (AvgIpc) is 2.41. The fourth-order valence-electron chi connectivity index (χ4n) is 2.46. The van der Waals surface area contributed by atoms with E-state index in [1.54, 1.807) is 0 Å². The van der Waals surface area contributed by atoms with Gasteiger partial charge in [0.05, 0.1) is 4.90 Å². The number of rotatable bonds is 4. The van der Waals surface area contributed by atoms with Crippen molar-refractivity contribution in [1.82, 2.24) is 9.71 Å². The van der Waals surface area contributed by atoms with Crippen molar-refractivity contribution >= 4 is 15.8 Å². The second kappa shape index (κ2) is 5.67. The highest BCUT2D eigenvalue weighted by molar-refractivity contribution is 7.89. The fraction of sp³-hybridized carbons (Fsp3) is 0.615. The second-order valence-corrected chi connectivity index (χ2v) is 7.79. The molecule has 7 heteroatoms. The number of hydrogen-bond donors (Lipinski definition) is 3. The van der Waals surface area contributed by atoms with E-state index in [-0.39, 0.29) is 10.9 Å². The third kappa shape index (κ3) is 3.68. The number of nitrogens with one attached hydrogen (secondary N) is 2. The number of hydrazine groups is 1. The van der Waals surface area contributed by atoms with Gasteiger partial charge in [0.1, 0.15) is 5.82 Å². The molecular formula is C13H22N4O2S. The van der Waals surface area contributed by atoms with Gasteiger partial charge in [-0.25, -0.2) is 24.0 Å². The van der Waals surface area contributed by atoms with Crippen LogP contribution in [0.5, 0.6) is 0 Å². The van der Waals surface area contributed by atoms with Crippen LogP contribution < -0.4 is 16.0 Å². The van der Waals surface area contributed by atoms with E-state index >= 15 is 0 Å². The van der Waals surface area contributed by atoms with Gasteiger partial charge in [0, 0.05) is 18.3 Å². The molecule has 0 bridgehead atoms. The number of hydrogen-bond acceptors (Lipinski definition) is 5. The zero-order chi connectivity index (χ0) is 14.8. The molecule has 0 amide bonds. The Hall–Kier alpha value is -1.18. The Labute approximate surface area is 120 Å². The molecule has 0 radical (unpaired) electrons. The summed E-state index contributed by atoms with van der Waals surface area (Å²) in [6.07, 6.45) is 5.24. The van der Waals surface area contributed by atoms with Crippen LogP contribution in [-0.2, 0) is 10.0 Å². The Morgan fingerprint density at radius 1 is 1.35 bits per heavy atom. The summed E-state index contributed by atoms with van der Waals surface area (Å²) in [5.74, 6) is 5.58. The van der Waals surface area contributed by atoms with Crippen LogP contribution in [0.4, 0.5) is 5.82 Å². The molecule has 0 spiro atoms. The lowest BCUT2D eigenvalue weighted by molar-refractivity contribution is 0.218. The molecule has 1 aromatic heterocycles. The zero-order valence-corrected chi connectivity index (χ0v) is 12.7. The first kappa shape index (κ1) is 15.2. The summed E-state index contributed by atoms with van der Waals surface area (Å²) in [6, 6.07) is 2.90. The number of sulfonamides is 1. The molecule has 1 aromatic rings. The molecule has 4 N–H and O–H groups in total. The minimum Gasteiger partial charge on any atom is -0.308 e. The Morgan fingerprint density at radius 2 is 2.00 bits per heavy atom. The fourth-order valence-corrected chi connectivity index (χ4v) is 3.78. The monoisotopic (exact) mass is 298 g/mol. The maximum absolute atomic E-state index is 12.3. The summed E-state index contributed by atoms with van der Waals surface area (Å²) in [7, 11) is -3.52. The van der Waals surface area contributed by atoms with Crippen LogP contribution in [0.25, 0.3) is 0 Å². The van der Waals surface area contributed by atoms with Crippen LogP contribution in [0, 0.1) is 5.41 Å². The van der Waals surface area contributed by atoms with Gasteiger partial charge in [-0.05, 0) is 37.2 Å². The van der Waals surface area contributed by atoms with Crippen molar-refractivity contribution in [1.29, 1.82) is 0 Å². The van der Waals surface area contributed by atoms with E-state index in [2.05, 4.69) is 29.0 Å². The summed E-state index contributed by atoms with van der Waals surface area (Å²) >= 11 is 0. The standard InChI is InChI=1S/C13H22N4O2S/c1-13(2)6-3-10(4-7-13)17-20(18,19)11-5-8-15-12(9-11)16-14/h5,8-10,17H,3-4,6-7,14H2,1-2H3,(H,15,16).